The van der Waals surface area contributed by atoms with Gasteiger partial charge in [-0.3, -0.25) is 0 Å². The van der Waals surface area contributed by atoms with Crippen molar-refractivity contribution in [2.45, 2.75) is 6.18 Å². The minimum atomic E-state index is -4.53. The van der Waals surface area contributed by atoms with Crippen LogP contribution < -0.4 is 15.5 Å². The smallest absolute Gasteiger partial charge is 0.368 e. The summed E-state index contributed by atoms with van der Waals surface area (Å²) in [5, 5.41) is 0. The zero-order chi connectivity index (χ0) is 16.4. The molecule has 122 valence electrons. The number of piperazine rings is 1. The Morgan fingerprint density at radius 2 is 1.52 bits per heavy atom. The highest BCUT2D eigenvalue weighted by Crippen LogP contribution is 2.30. The van der Waals surface area contributed by atoms with Crippen LogP contribution in [0.3, 0.4) is 0 Å². The van der Waals surface area contributed by atoms with Crippen LogP contribution in [0.2, 0.25) is 0 Å². The van der Waals surface area contributed by atoms with E-state index in [0.29, 0.717) is 26.2 Å². The quantitative estimate of drug-likeness (QED) is 0.920. The fourth-order valence-electron chi connectivity index (χ4n) is 2.59. The van der Waals surface area contributed by atoms with Gasteiger partial charge in [-0.25, -0.2) is 4.98 Å². The van der Waals surface area contributed by atoms with Gasteiger partial charge in [0.1, 0.15) is 5.82 Å². The molecule has 5 nitrogen and oxygen atoms in total. The molecule has 1 fully saturated rings. The number of hydrogen-bond acceptors (Lipinski definition) is 5. The molecule has 1 aliphatic rings. The number of anilines is 3. The van der Waals surface area contributed by atoms with Crippen molar-refractivity contribution < 1.29 is 13.2 Å². The number of rotatable bonds is 2. The Balaban J connectivity index is 1.74. The number of para-hydroxylation sites is 1. The molecule has 0 spiro atoms. The van der Waals surface area contributed by atoms with Gasteiger partial charge in [0, 0.05) is 37.9 Å². The lowest BCUT2D eigenvalue weighted by molar-refractivity contribution is -0.141. The number of benzene rings is 1. The first-order valence-electron chi connectivity index (χ1n) is 7.20. The predicted molar refractivity (Wildman–Crippen MR) is 82.3 cm³/mol. The van der Waals surface area contributed by atoms with Crippen LogP contribution in [-0.4, -0.2) is 36.1 Å². The molecule has 1 saturated heterocycles. The number of aromatic nitrogens is 2. The van der Waals surface area contributed by atoms with Crippen LogP contribution in [0.25, 0.3) is 0 Å². The first-order valence-corrected chi connectivity index (χ1v) is 7.20. The molecule has 0 radical (unpaired) electrons. The van der Waals surface area contributed by atoms with Crippen LogP contribution in [0.5, 0.6) is 0 Å². The summed E-state index contributed by atoms with van der Waals surface area (Å²) in [7, 11) is 0. The molecule has 23 heavy (non-hydrogen) atoms. The van der Waals surface area contributed by atoms with Gasteiger partial charge in [-0.1, -0.05) is 18.2 Å². The Morgan fingerprint density at radius 1 is 0.913 bits per heavy atom. The number of hydrogen-bond donors (Lipinski definition) is 1. The first-order chi connectivity index (χ1) is 10.9. The van der Waals surface area contributed by atoms with Crippen molar-refractivity contribution >= 4 is 17.5 Å². The molecule has 0 aliphatic carbocycles. The second-order valence-corrected chi connectivity index (χ2v) is 5.28. The van der Waals surface area contributed by atoms with Gasteiger partial charge in [-0.05, 0) is 12.1 Å². The van der Waals surface area contributed by atoms with E-state index in [9.17, 15) is 13.2 Å². The maximum Gasteiger partial charge on any atom is 0.433 e. The Bertz CT molecular complexity index is 667. The lowest BCUT2D eigenvalue weighted by Crippen LogP contribution is -2.47. The largest absolute Gasteiger partial charge is 0.433 e. The normalized spacial score (nSPS) is 15.8. The highest BCUT2D eigenvalue weighted by atomic mass is 19.4. The number of halogens is 3. The van der Waals surface area contributed by atoms with E-state index < -0.39 is 11.9 Å². The molecule has 1 aromatic carbocycles. The monoisotopic (exact) mass is 323 g/mol. The molecule has 0 amide bonds. The summed E-state index contributed by atoms with van der Waals surface area (Å²) >= 11 is 0. The van der Waals surface area contributed by atoms with Crippen LogP contribution in [0.15, 0.2) is 36.4 Å². The summed E-state index contributed by atoms with van der Waals surface area (Å²) in [6, 6.07) is 10.8. The van der Waals surface area contributed by atoms with Crippen LogP contribution >= 0.6 is 0 Å². The van der Waals surface area contributed by atoms with Crippen molar-refractivity contribution in [1.82, 2.24) is 9.97 Å². The molecular formula is C15H16F3N5. The molecule has 3 rings (SSSR count). The average Bonchev–Trinajstić information content (AvgIpc) is 2.54. The summed E-state index contributed by atoms with van der Waals surface area (Å²) in [5.74, 6) is -0.141. The standard InChI is InChI=1S/C15H16F3N5/c16-15(17,18)12-10-13(21-14(19)20-12)23-8-6-22(7-9-23)11-4-2-1-3-5-11/h1-5,10H,6-9H2,(H2,19,20,21). The molecule has 8 heteroatoms. The lowest BCUT2D eigenvalue weighted by Gasteiger charge is -2.36. The molecule has 2 N–H and O–H groups in total. The number of nitrogen functional groups attached to an aromatic ring is 1. The second-order valence-electron chi connectivity index (χ2n) is 5.28. The summed E-state index contributed by atoms with van der Waals surface area (Å²) in [6.45, 7) is 2.55. The Kier molecular flexibility index (Phi) is 3.97. The summed E-state index contributed by atoms with van der Waals surface area (Å²) in [6.07, 6.45) is -4.53. The van der Waals surface area contributed by atoms with Crippen molar-refractivity contribution in [3.05, 3.63) is 42.1 Å². The van der Waals surface area contributed by atoms with Crippen molar-refractivity contribution in [2.75, 3.05) is 41.7 Å². The average molecular weight is 323 g/mol. The van der Waals surface area contributed by atoms with Crippen molar-refractivity contribution in [3.63, 3.8) is 0 Å². The van der Waals surface area contributed by atoms with Crippen molar-refractivity contribution in [1.29, 1.82) is 0 Å². The molecule has 2 aromatic rings. The van der Waals surface area contributed by atoms with Crippen LogP contribution in [0, 0.1) is 0 Å². The fourth-order valence-corrected chi connectivity index (χ4v) is 2.59. The van der Waals surface area contributed by atoms with Gasteiger partial charge in [0.25, 0.3) is 0 Å². The van der Waals surface area contributed by atoms with E-state index in [2.05, 4.69) is 14.9 Å². The van der Waals surface area contributed by atoms with Gasteiger partial charge >= 0.3 is 6.18 Å². The van der Waals surface area contributed by atoms with E-state index in [1.165, 1.54) is 0 Å². The maximum atomic E-state index is 12.8. The Labute approximate surface area is 131 Å². The Morgan fingerprint density at radius 3 is 2.13 bits per heavy atom. The van der Waals surface area contributed by atoms with E-state index in [1.807, 2.05) is 30.3 Å². The first kappa shape index (κ1) is 15.4. The Hall–Kier alpha value is -2.51. The zero-order valence-electron chi connectivity index (χ0n) is 12.3. The van der Waals surface area contributed by atoms with Gasteiger partial charge < -0.3 is 15.5 Å². The minimum absolute atomic E-state index is 0.220. The van der Waals surface area contributed by atoms with Crippen molar-refractivity contribution in [3.8, 4) is 0 Å². The van der Waals surface area contributed by atoms with Gasteiger partial charge in [-0.2, -0.15) is 18.2 Å². The summed E-state index contributed by atoms with van der Waals surface area (Å²) < 4.78 is 38.5. The lowest BCUT2D eigenvalue weighted by atomic mass is 10.2. The topological polar surface area (TPSA) is 58.3 Å². The SMILES string of the molecule is Nc1nc(N2CCN(c3ccccc3)CC2)cc(C(F)(F)F)n1. The van der Waals surface area contributed by atoms with Gasteiger partial charge in [0.15, 0.2) is 5.69 Å². The highest BCUT2D eigenvalue weighted by Gasteiger charge is 2.34. The molecule has 1 aliphatic heterocycles. The van der Waals surface area contributed by atoms with Crippen LogP contribution in [0.4, 0.5) is 30.6 Å². The van der Waals surface area contributed by atoms with Gasteiger partial charge in [0.05, 0.1) is 0 Å². The second kappa shape index (κ2) is 5.94. The maximum absolute atomic E-state index is 12.8. The van der Waals surface area contributed by atoms with Crippen LogP contribution in [-0.2, 0) is 6.18 Å². The minimum Gasteiger partial charge on any atom is -0.368 e. The van der Waals surface area contributed by atoms with E-state index in [1.54, 1.807) is 4.90 Å². The third-order valence-electron chi connectivity index (χ3n) is 3.75. The van der Waals surface area contributed by atoms with E-state index in [-0.39, 0.29) is 11.8 Å². The van der Waals surface area contributed by atoms with E-state index in [0.717, 1.165) is 11.8 Å². The molecule has 0 bridgehead atoms. The van der Waals surface area contributed by atoms with Gasteiger partial charge in [-0.15, -0.1) is 0 Å². The van der Waals surface area contributed by atoms with Crippen LogP contribution in [0.1, 0.15) is 5.69 Å². The van der Waals surface area contributed by atoms with E-state index in [4.69, 9.17) is 5.73 Å². The molecule has 0 atom stereocenters. The molecular weight excluding hydrogens is 307 g/mol. The molecule has 2 heterocycles. The molecule has 0 unspecified atom stereocenters. The van der Waals surface area contributed by atoms with Crippen molar-refractivity contribution in [2.24, 2.45) is 0 Å². The van der Waals surface area contributed by atoms with E-state index >= 15 is 0 Å². The summed E-state index contributed by atoms with van der Waals surface area (Å²) in [4.78, 5) is 11.2. The zero-order valence-corrected chi connectivity index (χ0v) is 12.3. The molecule has 1 aromatic heterocycles. The number of nitrogens with zero attached hydrogens (tertiary/aromatic N) is 4. The number of alkyl halides is 3. The van der Waals surface area contributed by atoms with Gasteiger partial charge in [0.2, 0.25) is 5.95 Å². The predicted octanol–water partition coefficient (Wildman–Crippen LogP) is 2.40. The highest BCUT2D eigenvalue weighted by molar-refractivity contribution is 5.50. The third kappa shape index (κ3) is 3.46. The number of nitrogens with two attached hydrogens (primary N) is 1. The molecule has 0 saturated carbocycles. The third-order valence-corrected chi connectivity index (χ3v) is 3.75. The fraction of sp³-hybridized carbons (Fsp3) is 0.333. The summed E-state index contributed by atoms with van der Waals surface area (Å²) in [5.41, 5.74) is 5.52.